The molecule has 0 aliphatic carbocycles. The second kappa shape index (κ2) is 10.5. The fourth-order valence-corrected chi connectivity index (χ4v) is 3.35. The number of hydrogen-bond acceptors (Lipinski definition) is 5. The number of carbonyl (C=O) groups excluding carboxylic acids is 2. The van der Waals surface area contributed by atoms with Gasteiger partial charge in [0.25, 0.3) is 5.91 Å². The van der Waals surface area contributed by atoms with E-state index in [0.717, 1.165) is 30.1 Å². The average molecular weight is 408 g/mol. The first kappa shape index (κ1) is 21.4. The molecule has 0 bridgehead atoms. The van der Waals surface area contributed by atoms with E-state index in [1.807, 2.05) is 49.4 Å². The number of anilines is 1. The molecule has 0 unspecified atom stereocenters. The molecule has 1 aliphatic heterocycles. The maximum Gasteiger partial charge on any atom is 0.331 e. The van der Waals surface area contributed by atoms with E-state index in [2.05, 4.69) is 17.0 Å². The Balaban J connectivity index is 1.46. The lowest BCUT2D eigenvalue weighted by Crippen LogP contribution is -2.51. The summed E-state index contributed by atoms with van der Waals surface area (Å²) in [6, 6.07) is 17.5. The van der Waals surface area contributed by atoms with Gasteiger partial charge in [-0.3, -0.25) is 4.79 Å². The van der Waals surface area contributed by atoms with Gasteiger partial charge < -0.3 is 19.3 Å². The molecule has 1 aliphatic rings. The van der Waals surface area contributed by atoms with E-state index in [0.29, 0.717) is 19.7 Å². The van der Waals surface area contributed by atoms with Crippen LogP contribution in [-0.2, 0) is 14.3 Å². The first-order valence-electron chi connectivity index (χ1n) is 10.3. The van der Waals surface area contributed by atoms with Crippen LogP contribution < -0.4 is 9.64 Å². The Kier molecular flexibility index (Phi) is 7.49. The largest absolute Gasteiger partial charge is 0.494 e. The van der Waals surface area contributed by atoms with Gasteiger partial charge in [-0.1, -0.05) is 30.3 Å². The molecule has 2 aromatic rings. The molecule has 0 N–H and O–H groups in total. The van der Waals surface area contributed by atoms with E-state index in [1.165, 1.54) is 6.08 Å². The van der Waals surface area contributed by atoms with Gasteiger partial charge in [0.05, 0.1) is 6.61 Å². The zero-order chi connectivity index (χ0) is 21.3. The molecular formula is C24H28N2O4. The first-order chi connectivity index (χ1) is 14.6. The molecule has 6 nitrogen and oxygen atoms in total. The van der Waals surface area contributed by atoms with Crippen molar-refractivity contribution in [2.45, 2.75) is 20.0 Å². The van der Waals surface area contributed by atoms with Crippen LogP contribution in [0.4, 0.5) is 5.69 Å². The lowest BCUT2D eigenvalue weighted by atomic mass is 10.2. The number of carbonyl (C=O) groups is 2. The van der Waals surface area contributed by atoms with Gasteiger partial charge in [0, 0.05) is 37.9 Å². The van der Waals surface area contributed by atoms with E-state index in [1.54, 1.807) is 17.9 Å². The van der Waals surface area contributed by atoms with Crippen LogP contribution >= 0.6 is 0 Å². The van der Waals surface area contributed by atoms with Gasteiger partial charge >= 0.3 is 5.97 Å². The second-order valence-electron chi connectivity index (χ2n) is 7.06. The minimum absolute atomic E-state index is 0.162. The maximum absolute atomic E-state index is 12.6. The van der Waals surface area contributed by atoms with Crippen molar-refractivity contribution in [2.24, 2.45) is 0 Å². The van der Waals surface area contributed by atoms with E-state index >= 15 is 0 Å². The molecule has 1 fully saturated rings. The molecule has 1 atom stereocenters. The summed E-state index contributed by atoms with van der Waals surface area (Å²) in [6.45, 7) is 6.89. The Morgan fingerprint density at radius 1 is 1.00 bits per heavy atom. The number of hydrogen-bond donors (Lipinski definition) is 0. The highest BCUT2D eigenvalue weighted by Crippen LogP contribution is 2.16. The molecule has 0 aromatic heterocycles. The molecule has 6 heteroatoms. The number of ether oxygens (including phenoxy) is 2. The summed E-state index contributed by atoms with van der Waals surface area (Å²) in [4.78, 5) is 28.8. The van der Waals surface area contributed by atoms with Crippen LogP contribution in [-0.4, -0.2) is 55.7 Å². The van der Waals surface area contributed by atoms with Crippen LogP contribution in [0.25, 0.3) is 6.08 Å². The second-order valence-corrected chi connectivity index (χ2v) is 7.06. The number of piperazine rings is 1. The maximum atomic E-state index is 12.6. The molecular weight excluding hydrogens is 380 g/mol. The van der Waals surface area contributed by atoms with Crippen molar-refractivity contribution in [2.75, 3.05) is 37.7 Å². The molecule has 30 heavy (non-hydrogen) atoms. The van der Waals surface area contributed by atoms with Gasteiger partial charge in [0.2, 0.25) is 0 Å². The normalized spacial score (nSPS) is 15.1. The summed E-state index contributed by atoms with van der Waals surface area (Å²) < 4.78 is 10.7. The van der Waals surface area contributed by atoms with E-state index in [4.69, 9.17) is 9.47 Å². The van der Waals surface area contributed by atoms with Gasteiger partial charge in [-0.2, -0.15) is 0 Å². The highest BCUT2D eigenvalue weighted by Gasteiger charge is 2.26. The summed E-state index contributed by atoms with van der Waals surface area (Å²) in [5.74, 6) is 0.0852. The van der Waals surface area contributed by atoms with Gasteiger partial charge in [0.15, 0.2) is 6.10 Å². The van der Waals surface area contributed by atoms with Crippen LogP contribution in [0.2, 0.25) is 0 Å². The Labute approximate surface area is 177 Å². The minimum atomic E-state index is -0.814. The summed E-state index contributed by atoms with van der Waals surface area (Å²) in [6.07, 6.45) is 2.19. The van der Waals surface area contributed by atoms with Crippen molar-refractivity contribution in [1.82, 2.24) is 4.90 Å². The molecule has 1 amide bonds. The minimum Gasteiger partial charge on any atom is -0.494 e. The number of benzene rings is 2. The number of rotatable bonds is 7. The molecule has 0 saturated carbocycles. The lowest BCUT2D eigenvalue weighted by molar-refractivity contribution is -0.155. The summed E-state index contributed by atoms with van der Waals surface area (Å²) in [7, 11) is 0. The topological polar surface area (TPSA) is 59.1 Å². The highest BCUT2D eigenvalue weighted by molar-refractivity contribution is 5.90. The third-order valence-corrected chi connectivity index (χ3v) is 4.96. The molecule has 158 valence electrons. The third-order valence-electron chi connectivity index (χ3n) is 4.96. The fourth-order valence-electron chi connectivity index (χ4n) is 3.35. The Morgan fingerprint density at radius 3 is 2.30 bits per heavy atom. The van der Waals surface area contributed by atoms with Crippen molar-refractivity contribution in [3.63, 3.8) is 0 Å². The summed E-state index contributed by atoms with van der Waals surface area (Å²) in [5.41, 5.74) is 2.01. The number of nitrogens with zero attached hydrogens (tertiary/aromatic N) is 2. The van der Waals surface area contributed by atoms with Crippen molar-refractivity contribution in [1.29, 1.82) is 0 Å². The zero-order valence-electron chi connectivity index (χ0n) is 17.5. The fraction of sp³-hybridized carbons (Fsp3) is 0.333. The molecule has 1 saturated heterocycles. The van der Waals surface area contributed by atoms with Crippen molar-refractivity contribution >= 4 is 23.6 Å². The SMILES string of the molecule is CCOc1ccc(/C=C/C(=O)O[C@H](C)C(=O)N2CCN(c3ccccc3)CC2)cc1. The smallest absolute Gasteiger partial charge is 0.331 e. The highest BCUT2D eigenvalue weighted by atomic mass is 16.5. The lowest BCUT2D eigenvalue weighted by Gasteiger charge is -2.36. The summed E-state index contributed by atoms with van der Waals surface area (Å²) in [5, 5.41) is 0. The average Bonchev–Trinajstić information content (AvgIpc) is 2.79. The van der Waals surface area contributed by atoms with Gasteiger partial charge in [-0.05, 0) is 49.8 Å². The number of esters is 1. The van der Waals surface area contributed by atoms with Gasteiger partial charge in [-0.15, -0.1) is 0 Å². The van der Waals surface area contributed by atoms with Crippen LogP contribution in [0.3, 0.4) is 0 Å². The molecule has 3 rings (SSSR count). The Hall–Kier alpha value is -3.28. The predicted molar refractivity (Wildman–Crippen MR) is 117 cm³/mol. The van der Waals surface area contributed by atoms with E-state index in [9.17, 15) is 9.59 Å². The number of para-hydroxylation sites is 1. The molecule has 2 aromatic carbocycles. The van der Waals surface area contributed by atoms with E-state index in [-0.39, 0.29) is 5.91 Å². The molecule has 0 radical (unpaired) electrons. The van der Waals surface area contributed by atoms with Crippen LogP contribution in [0.15, 0.2) is 60.7 Å². The molecule has 1 heterocycles. The predicted octanol–water partition coefficient (Wildman–Crippen LogP) is 3.38. The van der Waals surface area contributed by atoms with E-state index < -0.39 is 12.1 Å². The first-order valence-corrected chi connectivity index (χ1v) is 10.3. The molecule has 0 spiro atoms. The monoisotopic (exact) mass is 408 g/mol. The Bertz CT molecular complexity index is 857. The van der Waals surface area contributed by atoms with Gasteiger partial charge in [0.1, 0.15) is 5.75 Å². The Morgan fingerprint density at radius 2 is 1.67 bits per heavy atom. The van der Waals surface area contributed by atoms with Crippen LogP contribution in [0.1, 0.15) is 19.4 Å². The van der Waals surface area contributed by atoms with Crippen LogP contribution in [0, 0.1) is 0 Å². The van der Waals surface area contributed by atoms with Crippen molar-refractivity contribution < 1.29 is 19.1 Å². The quantitative estimate of drug-likeness (QED) is 0.519. The standard InChI is InChI=1S/C24H28N2O4/c1-3-29-22-12-9-20(10-13-22)11-14-23(27)30-19(2)24(28)26-17-15-25(16-18-26)21-7-5-4-6-8-21/h4-14,19H,3,15-18H2,1-2H3/b14-11+/t19-/m1/s1. The zero-order valence-corrected chi connectivity index (χ0v) is 17.5. The van der Waals surface area contributed by atoms with Crippen molar-refractivity contribution in [3.8, 4) is 5.75 Å². The van der Waals surface area contributed by atoms with Crippen LogP contribution in [0.5, 0.6) is 5.75 Å². The number of amides is 1. The van der Waals surface area contributed by atoms with Crippen molar-refractivity contribution in [3.05, 3.63) is 66.2 Å². The third kappa shape index (κ3) is 5.86. The summed E-state index contributed by atoms with van der Waals surface area (Å²) >= 11 is 0. The van der Waals surface area contributed by atoms with Gasteiger partial charge in [-0.25, -0.2) is 4.79 Å².